The Labute approximate surface area is 103 Å². The minimum absolute atomic E-state index is 0.592. The van der Waals surface area contributed by atoms with Gasteiger partial charge in [0, 0.05) is 17.5 Å². The van der Waals surface area contributed by atoms with Crippen molar-refractivity contribution in [3.63, 3.8) is 0 Å². The molecule has 1 rings (SSSR count). The van der Waals surface area contributed by atoms with Crippen LogP contribution in [-0.2, 0) is 6.54 Å². The van der Waals surface area contributed by atoms with Gasteiger partial charge in [-0.1, -0.05) is 13.8 Å². The fourth-order valence-electron chi connectivity index (χ4n) is 1.54. The Morgan fingerprint density at radius 1 is 1.50 bits per heavy atom. The lowest BCUT2D eigenvalue weighted by Crippen LogP contribution is -2.27. The second-order valence-corrected chi connectivity index (χ2v) is 5.50. The van der Waals surface area contributed by atoms with Crippen molar-refractivity contribution in [3.05, 3.63) is 16.1 Å². The molecule has 0 amide bonds. The molecule has 0 bridgehead atoms. The monoisotopic (exact) mass is 241 g/mol. The van der Waals surface area contributed by atoms with E-state index < -0.39 is 0 Å². The molecule has 0 radical (unpaired) electrons. The molecule has 0 unspecified atom stereocenters. The molecule has 1 aromatic rings. The van der Waals surface area contributed by atoms with Crippen LogP contribution in [0.4, 0.5) is 0 Å². The van der Waals surface area contributed by atoms with Crippen LogP contribution >= 0.6 is 11.3 Å². The quantitative estimate of drug-likeness (QED) is 0.742. The Kier molecular flexibility index (Phi) is 5.95. The molecule has 16 heavy (non-hydrogen) atoms. The van der Waals surface area contributed by atoms with Crippen LogP contribution in [0.25, 0.3) is 0 Å². The first kappa shape index (κ1) is 13.6. The lowest BCUT2D eigenvalue weighted by Gasteiger charge is -2.16. The summed E-state index contributed by atoms with van der Waals surface area (Å²) >= 11 is 1.75. The van der Waals surface area contributed by atoms with Crippen molar-refractivity contribution in [1.29, 1.82) is 0 Å². The topological polar surface area (TPSA) is 28.2 Å². The van der Waals surface area contributed by atoms with Gasteiger partial charge in [-0.15, -0.1) is 11.3 Å². The van der Waals surface area contributed by atoms with Gasteiger partial charge in [-0.25, -0.2) is 4.98 Å². The SMILES string of the molecule is Cc1ncsc1CN(C)CCCNC(C)C. The van der Waals surface area contributed by atoms with Crippen LogP contribution in [0.15, 0.2) is 5.51 Å². The van der Waals surface area contributed by atoms with Crippen LogP contribution in [0, 0.1) is 6.92 Å². The van der Waals surface area contributed by atoms with E-state index >= 15 is 0 Å². The number of aromatic nitrogens is 1. The molecule has 1 N–H and O–H groups in total. The van der Waals surface area contributed by atoms with Gasteiger partial charge in [0.15, 0.2) is 0 Å². The molecule has 0 spiro atoms. The zero-order valence-corrected chi connectivity index (χ0v) is 11.6. The first-order chi connectivity index (χ1) is 7.59. The summed E-state index contributed by atoms with van der Waals surface area (Å²) in [7, 11) is 2.18. The normalized spacial score (nSPS) is 11.6. The van der Waals surface area contributed by atoms with E-state index in [9.17, 15) is 0 Å². The van der Waals surface area contributed by atoms with E-state index in [1.165, 1.54) is 17.0 Å². The van der Waals surface area contributed by atoms with Crippen molar-refractivity contribution in [2.45, 2.75) is 39.8 Å². The molecule has 1 heterocycles. The fraction of sp³-hybridized carbons (Fsp3) is 0.750. The summed E-state index contributed by atoms with van der Waals surface area (Å²) in [5, 5.41) is 3.43. The first-order valence-corrected chi connectivity index (χ1v) is 6.78. The van der Waals surface area contributed by atoms with Gasteiger partial charge < -0.3 is 10.2 Å². The van der Waals surface area contributed by atoms with Crippen molar-refractivity contribution in [2.75, 3.05) is 20.1 Å². The van der Waals surface area contributed by atoms with E-state index in [4.69, 9.17) is 0 Å². The van der Waals surface area contributed by atoms with E-state index in [2.05, 4.69) is 43.0 Å². The maximum absolute atomic E-state index is 4.27. The molecule has 0 aromatic carbocycles. The summed E-state index contributed by atoms with van der Waals surface area (Å²) in [6.07, 6.45) is 1.20. The van der Waals surface area contributed by atoms with Crippen LogP contribution < -0.4 is 5.32 Å². The number of nitrogens with zero attached hydrogens (tertiary/aromatic N) is 2. The van der Waals surface area contributed by atoms with Gasteiger partial charge in [0.25, 0.3) is 0 Å². The number of aryl methyl sites for hydroxylation is 1. The van der Waals surface area contributed by atoms with Gasteiger partial charge in [0.2, 0.25) is 0 Å². The molecule has 0 aliphatic carbocycles. The lowest BCUT2D eigenvalue weighted by atomic mass is 10.3. The molecular formula is C12H23N3S. The minimum Gasteiger partial charge on any atom is -0.314 e. The average molecular weight is 241 g/mol. The molecule has 92 valence electrons. The Bertz CT molecular complexity index is 296. The first-order valence-electron chi connectivity index (χ1n) is 5.90. The minimum atomic E-state index is 0.592. The third kappa shape index (κ3) is 5.05. The largest absolute Gasteiger partial charge is 0.314 e. The number of rotatable bonds is 7. The third-order valence-corrected chi connectivity index (χ3v) is 3.45. The highest BCUT2D eigenvalue weighted by Gasteiger charge is 2.05. The van der Waals surface area contributed by atoms with Crippen LogP contribution in [0.1, 0.15) is 30.8 Å². The molecule has 0 aliphatic heterocycles. The second-order valence-electron chi connectivity index (χ2n) is 4.56. The number of hydrogen-bond donors (Lipinski definition) is 1. The molecule has 1 aromatic heterocycles. The molecular weight excluding hydrogens is 218 g/mol. The summed E-state index contributed by atoms with van der Waals surface area (Å²) < 4.78 is 0. The second kappa shape index (κ2) is 6.99. The average Bonchev–Trinajstić information content (AvgIpc) is 2.59. The molecule has 4 heteroatoms. The highest BCUT2D eigenvalue weighted by molar-refractivity contribution is 7.09. The number of hydrogen-bond acceptors (Lipinski definition) is 4. The van der Waals surface area contributed by atoms with Crippen molar-refractivity contribution in [1.82, 2.24) is 15.2 Å². The number of thiazole rings is 1. The van der Waals surface area contributed by atoms with Crippen LogP contribution in [0.3, 0.4) is 0 Å². The molecule has 0 fully saturated rings. The Balaban J connectivity index is 2.16. The van der Waals surface area contributed by atoms with Gasteiger partial charge in [-0.3, -0.25) is 0 Å². The van der Waals surface area contributed by atoms with E-state index in [0.29, 0.717) is 6.04 Å². The highest BCUT2D eigenvalue weighted by Crippen LogP contribution is 2.13. The smallest absolute Gasteiger partial charge is 0.0798 e. The molecule has 0 saturated heterocycles. The van der Waals surface area contributed by atoms with E-state index in [0.717, 1.165) is 19.6 Å². The standard InChI is InChI=1S/C12H23N3S/c1-10(2)13-6-5-7-15(4)8-12-11(3)14-9-16-12/h9-10,13H,5-8H2,1-4H3. The predicted octanol–water partition coefficient (Wildman–Crippen LogP) is 2.27. The summed E-state index contributed by atoms with van der Waals surface area (Å²) in [5.41, 5.74) is 3.11. The van der Waals surface area contributed by atoms with E-state index in [1.807, 2.05) is 5.51 Å². The predicted molar refractivity (Wildman–Crippen MR) is 70.9 cm³/mol. The van der Waals surface area contributed by atoms with Crippen molar-refractivity contribution >= 4 is 11.3 Å². The number of nitrogens with one attached hydrogen (secondary N) is 1. The fourth-order valence-corrected chi connectivity index (χ4v) is 2.40. The maximum atomic E-state index is 4.27. The summed E-state index contributed by atoms with van der Waals surface area (Å²) in [6, 6.07) is 0.592. The van der Waals surface area contributed by atoms with Crippen LogP contribution in [0.2, 0.25) is 0 Å². The zero-order chi connectivity index (χ0) is 12.0. The summed E-state index contributed by atoms with van der Waals surface area (Å²) in [5.74, 6) is 0. The van der Waals surface area contributed by atoms with Crippen molar-refractivity contribution < 1.29 is 0 Å². The van der Waals surface area contributed by atoms with Crippen molar-refractivity contribution in [3.8, 4) is 0 Å². The van der Waals surface area contributed by atoms with E-state index in [1.54, 1.807) is 11.3 Å². The summed E-state index contributed by atoms with van der Waals surface area (Å²) in [4.78, 5) is 8.02. The zero-order valence-electron chi connectivity index (χ0n) is 10.8. The van der Waals surface area contributed by atoms with E-state index in [-0.39, 0.29) is 0 Å². The molecule has 0 atom stereocenters. The molecule has 3 nitrogen and oxygen atoms in total. The lowest BCUT2D eigenvalue weighted by molar-refractivity contribution is 0.319. The van der Waals surface area contributed by atoms with Gasteiger partial charge in [-0.2, -0.15) is 0 Å². The van der Waals surface area contributed by atoms with Crippen molar-refractivity contribution in [2.24, 2.45) is 0 Å². The van der Waals surface area contributed by atoms with Crippen LogP contribution in [0.5, 0.6) is 0 Å². The van der Waals surface area contributed by atoms with Gasteiger partial charge in [0.1, 0.15) is 0 Å². The Morgan fingerprint density at radius 3 is 2.81 bits per heavy atom. The molecule has 0 saturated carbocycles. The molecule has 0 aliphatic rings. The van der Waals surface area contributed by atoms with Crippen LogP contribution in [-0.4, -0.2) is 36.1 Å². The maximum Gasteiger partial charge on any atom is 0.0798 e. The van der Waals surface area contributed by atoms with Gasteiger partial charge in [-0.05, 0) is 33.5 Å². The highest BCUT2D eigenvalue weighted by atomic mass is 32.1. The third-order valence-electron chi connectivity index (χ3n) is 2.53. The van der Waals surface area contributed by atoms with Gasteiger partial charge >= 0.3 is 0 Å². The Morgan fingerprint density at radius 2 is 2.25 bits per heavy atom. The van der Waals surface area contributed by atoms with Gasteiger partial charge in [0.05, 0.1) is 11.2 Å². The summed E-state index contributed by atoms with van der Waals surface area (Å²) in [6.45, 7) is 9.72. The Hall–Kier alpha value is -0.450.